The second-order valence-electron chi connectivity index (χ2n) is 2.80. The largest absolute Gasteiger partial charge is 0.387 e. The summed E-state index contributed by atoms with van der Waals surface area (Å²) in [6.07, 6.45) is 5.73. The number of fused-ring (bicyclic) bond motifs is 1. The molecule has 0 unspecified atom stereocenters. The van der Waals surface area contributed by atoms with E-state index in [2.05, 4.69) is 9.97 Å². The van der Waals surface area contributed by atoms with Gasteiger partial charge < -0.3 is 5.11 Å². The Balaban J connectivity index is 2.44. The van der Waals surface area contributed by atoms with E-state index < -0.39 is 0 Å². The van der Waals surface area contributed by atoms with E-state index in [1.165, 1.54) is 0 Å². The first kappa shape index (κ1) is 6.73. The minimum Gasteiger partial charge on any atom is -0.387 e. The lowest BCUT2D eigenvalue weighted by molar-refractivity contribution is 0.150. The van der Waals surface area contributed by atoms with Crippen LogP contribution in [0.5, 0.6) is 0 Å². The van der Waals surface area contributed by atoms with Gasteiger partial charge in [0.2, 0.25) is 0 Å². The van der Waals surface area contributed by atoms with Crippen LogP contribution in [-0.4, -0.2) is 15.1 Å². The first-order valence-corrected chi connectivity index (χ1v) is 3.86. The highest BCUT2D eigenvalue weighted by Crippen LogP contribution is 2.25. The summed E-state index contributed by atoms with van der Waals surface area (Å²) >= 11 is 0. The van der Waals surface area contributed by atoms with Gasteiger partial charge in [0.05, 0.1) is 17.5 Å². The van der Waals surface area contributed by atoms with Gasteiger partial charge in [-0.05, 0) is 19.3 Å². The first-order valence-electron chi connectivity index (χ1n) is 3.86. The number of aryl methyl sites for hydroxylation is 1. The number of hydrogen-bond donors (Lipinski definition) is 1. The summed E-state index contributed by atoms with van der Waals surface area (Å²) in [7, 11) is 0. The van der Waals surface area contributed by atoms with Crippen LogP contribution in [0.25, 0.3) is 0 Å². The average molecular weight is 150 g/mol. The van der Waals surface area contributed by atoms with Crippen molar-refractivity contribution in [2.45, 2.75) is 25.4 Å². The van der Waals surface area contributed by atoms with Crippen LogP contribution in [0.4, 0.5) is 0 Å². The highest BCUT2D eigenvalue weighted by molar-refractivity contribution is 5.16. The molecule has 0 spiro atoms. The van der Waals surface area contributed by atoms with Crippen LogP contribution >= 0.6 is 0 Å². The summed E-state index contributed by atoms with van der Waals surface area (Å²) in [6, 6.07) is 0. The highest BCUT2D eigenvalue weighted by atomic mass is 16.3. The van der Waals surface area contributed by atoms with Crippen molar-refractivity contribution in [1.29, 1.82) is 0 Å². The van der Waals surface area contributed by atoms with Crippen LogP contribution in [0.2, 0.25) is 0 Å². The zero-order chi connectivity index (χ0) is 7.68. The molecule has 2 rings (SSSR count). The Morgan fingerprint density at radius 2 is 2.18 bits per heavy atom. The molecule has 0 saturated carbocycles. The quantitative estimate of drug-likeness (QED) is 0.596. The lowest BCUT2D eigenvalue weighted by atomic mass is 9.98. The van der Waals surface area contributed by atoms with Crippen LogP contribution in [0.1, 0.15) is 30.3 Å². The number of nitrogens with zero attached hydrogens (tertiary/aromatic N) is 2. The summed E-state index contributed by atoms with van der Waals surface area (Å²) in [4.78, 5) is 8.23. The molecule has 1 aliphatic carbocycles. The summed E-state index contributed by atoms with van der Waals surface area (Å²) in [5, 5.41) is 9.46. The van der Waals surface area contributed by atoms with Gasteiger partial charge >= 0.3 is 0 Å². The topological polar surface area (TPSA) is 46.0 Å². The third kappa shape index (κ3) is 1.12. The van der Waals surface area contributed by atoms with E-state index in [4.69, 9.17) is 0 Å². The van der Waals surface area contributed by atoms with Crippen molar-refractivity contribution in [1.82, 2.24) is 9.97 Å². The zero-order valence-electron chi connectivity index (χ0n) is 6.20. The summed E-state index contributed by atoms with van der Waals surface area (Å²) in [5.74, 6) is 0. The molecule has 0 fully saturated rings. The van der Waals surface area contributed by atoms with Crippen molar-refractivity contribution in [3.05, 3.63) is 23.8 Å². The Morgan fingerprint density at radius 3 is 3.00 bits per heavy atom. The molecule has 1 atom stereocenters. The molecule has 1 heterocycles. The number of hydrogen-bond acceptors (Lipinski definition) is 3. The molecule has 1 aliphatic rings. The zero-order valence-corrected chi connectivity index (χ0v) is 6.20. The maximum absolute atomic E-state index is 9.46. The van der Waals surface area contributed by atoms with Crippen LogP contribution in [0, 0.1) is 0 Å². The highest BCUT2D eigenvalue weighted by Gasteiger charge is 2.19. The Labute approximate surface area is 65.1 Å². The van der Waals surface area contributed by atoms with E-state index in [9.17, 15) is 5.11 Å². The molecule has 3 nitrogen and oxygen atoms in total. The number of aliphatic hydroxyl groups excluding tert-OH is 1. The lowest BCUT2D eigenvalue weighted by Crippen LogP contribution is -2.12. The maximum atomic E-state index is 9.46. The van der Waals surface area contributed by atoms with Gasteiger partial charge in [0.25, 0.3) is 0 Å². The van der Waals surface area contributed by atoms with Crippen molar-refractivity contribution in [3.63, 3.8) is 0 Å². The standard InChI is InChI=1S/C8H10N2O/c11-7-3-1-2-6-8(7)10-5-4-9-6/h4-5,7,11H,1-3H2/t7-/m1/s1. The summed E-state index contributed by atoms with van der Waals surface area (Å²) in [5.41, 5.74) is 1.74. The smallest absolute Gasteiger partial charge is 0.0978 e. The van der Waals surface area contributed by atoms with Gasteiger partial charge in [-0.2, -0.15) is 0 Å². The molecule has 1 aromatic heterocycles. The van der Waals surface area contributed by atoms with E-state index in [1.807, 2.05) is 0 Å². The van der Waals surface area contributed by atoms with E-state index in [1.54, 1.807) is 12.4 Å². The van der Waals surface area contributed by atoms with Crippen molar-refractivity contribution < 1.29 is 5.11 Å². The van der Waals surface area contributed by atoms with E-state index in [-0.39, 0.29) is 6.10 Å². The van der Waals surface area contributed by atoms with Crippen molar-refractivity contribution >= 4 is 0 Å². The monoisotopic (exact) mass is 150 g/mol. The molecular formula is C8H10N2O. The van der Waals surface area contributed by atoms with Gasteiger partial charge in [-0.25, -0.2) is 0 Å². The van der Waals surface area contributed by atoms with E-state index in [0.717, 1.165) is 30.7 Å². The van der Waals surface area contributed by atoms with Gasteiger partial charge in [0.1, 0.15) is 0 Å². The Kier molecular flexibility index (Phi) is 1.58. The van der Waals surface area contributed by atoms with Gasteiger partial charge in [0, 0.05) is 12.4 Å². The number of rotatable bonds is 0. The van der Waals surface area contributed by atoms with Crippen molar-refractivity contribution in [3.8, 4) is 0 Å². The fourth-order valence-corrected chi connectivity index (χ4v) is 1.45. The van der Waals surface area contributed by atoms with Gasteiger partial charge in [-0.3, -0.25) is 9.97 Å². The molecule has 0 amide bonds. The molecule has 11 heavy (non-hydrogen) atoms. The van der Waals surface area contributed by atoms with Gasteiger partial charge in [-0.15, -0.1) is 0 Å². The molecule has 58 valence electrons. The lowest BCUT2D eigenvalue weighted by Gasteiger charge is -2.17. The van der Waals surface area contributed by atoms with Crippen LogP contribution in [-0.2, 0) is 6.42 Å². The fourth-order valence-electron chi connectivity index (χ4n) is 1.45. The second kappa shape index (κ2) is 2.58. The average Bonchev–Trinajstić information content (AvgIpc) is 2.06. The SMILES string of the molecule is O[C@@H]1CCCc2nccnc21. The predicted octanol–water partition coefficient (Wildman–Crippen LogP) is 0.846. The summed E-state index contributed by atoms with van der Waals surface area (Å²) in [6.45, 7) is 0. The minimum atomic E-state index is -0.382. The molecule has 0 radical (unpaired) electrons. The van der Waals surface area contributed by atoms with Crippen LogP contribution < -0.4 is 0 Å². The molecule has 0 saturated heterocycles. The minimum absolute atomic E-state index is 0.382. The Morgan fingerprint density at radius 1 is 1.36 bits per heavy atom. The second-order valence-corrected chi connectivity index (χ2v) is 2.80. The molecule has 1 aromatic rings. The van der Waals surface area contributed by atoms with E-state index >= 15 is 0 Å². The third-order valence-corrected chi connectivity index (χ3v) is 2.01. The molecule has 0 aliphatic heterocycles. The van der Waals surface area contributed by atoms with Crippen molar-refractivity contribution in [2.75, 3.05) is 0 Å². The number of aromatic nitrogens is 2. The summed E-state index contributed by atoms with van der Waals surface area (Å²) < 4.78 is 0. The molecule has 0 bridgehead atoms. The van der Waals surface area contributed by atoms with Crippen LogP contribution in [0.15, 0.2) is 12.4 Å². The Hall–Kier alpha value is -0.960. The van der Waals surface area contributed by atoms with Crippen molar-refractivity contribution in [2.24, 2.45) is 0 Å². The molecule has 0 aromatic carbocycles. The normalized spacial score (nSPS) is 22.8. The van der Waals surface area contributed by atoms with Gasteiger partial charge in [-0.1, -0.05) is 0 Å². The third-order valence-electron chi connectivity index (χ3n) is 2.01. The maximum Gasteiger partial charge on any atom is 0.0978 e. The van der Waals surface area contributed by atoms with Gasteiger partial charge in [0.15, 0.2) is 0 Å². The van der Waals surface area contributed by atoms with Crippen LogP contribution in [0.3, 0.4) is 0 Å². The fraction of sp³-hybridized carbons (Fsp3) is 0.500. The molecule has 3 heteroatoms. The first-order chi connectivity index (χ1) is 5.38. The Bertz CT molecular complexity index is 262. The predicted molar refractivity (Wildman–Crippen MR) is 39.9 cm³/mol. The van der Waals surface area contributed by atoms with E-state index in [0.29, 0.717) is 0 Å². The molecule has 1 N–H and O–H groups in total. The molecular weight excluding hydrogens is 140 g/mol. The number of aliphatic hydroxyl groups is 1.